The molecule has 0 atom stereocenters. The third kappa shape index (κ3) is 3.34. The summed E-state index contributed by atoms with van der Waals surface area (Å²) in [6.45, 7) is 1.81. The fourth-order valence-corrected chi connectivity index (χ4v) is 2.60. The molecule has 1 N–H and O–H groups in total. The lowest BCUT2D eigenvalue weighted by Gasteiger charge is -2.08. The lowest BCUT2D eigenvalue weighted by molar-refractivity contribution is 0.102. The first-order valence-corrected chi connectivity index (χ1v) is 7.39. The highest BCUT2D eigenvalue weighted by Crippen LogP contribution is 2.38. The van der Waals surface area contributed by atoms with Gasteiger partial charge in [0.05, 0.1) is 11.3 Å². The second kappa shape index (κ2) is 5.62. The van der Waals surface area contributed by atoms with Gasteiger partial charge in [0.1, 0.15) is 5.82 Å². The molecule has 1 aromatic carbocycles. The second-order valence-corrected chi connectivity index (χ2v) is 5.99. The first-order chi connectivity index (χ1) is 10.0. The molecular weight excluding hydrogens is 309 g/mol. The van der Waals surface area contributed by atoms with E-state index in [9.17, 15) is 4.79 Å². The highest BCUT2D eigenvalue weighted by molar-refractivity contribution is 6.35. The molecule has 0 bridgehead atoms. The Kier molecular flexibility index (Phi) is 3.83. The lowest BCUT2D eigenvalue weighted by atomic mass is 10.2. The van der Waals surface area contributed by atoms with Gasteiger partial charge in [-0.15, -0.1) is 0 Å². The number of aryl methyl sites for hydroxylation is 1. The van der Waals surface area contributed by atoms with Gasteiger partial charge in [0.15, 0.2) is 0 Å². The van der Waals surface area contributed by atoms with Crippen LogP contribution in [-0.2, 0) is 0 Å². The smallest absolute Gasteiger partial charge is 0.259 e. The van der Waals surface area contributed by atoms with E-state index < -0.39 is 0 Å². The van der Waals surface area contributed by atoms with Gasteiger partial charge in [0, 0.05) is 27.8 Å². The van der Waals surface area contributed by atoms with Crippen LogP contribution in [0.2, 0.25) is 10.0 Å². The molecule has 2 aromatic rings. The molecule has 1 saturated carbocycles. The number of rotatable bonds is 3. The Morgan fingerprint density at radius 2 is 1.90 bits per heavy atom. The Balaban J connectivity index is 1.81. The summed E-state index contributed by atoms with van der Waals surface area (Å²) in [5, 5.41) is 3.69. The summed E-state index contributed by atoms with van der Waals surface area (Å²) in [6, 6.07) is 4.89. The van der Waals surface area contributed by atoms with Crippen molar-refractivity contribution in [2.24, 2.45) is 0 Å². The van der Waals surface area contributed by atoms with Crippen LogP contribution in [0, 0.1) is 6.92 Å². The minimum absolute atomic E-state index is 0.270. The van der Waals surface area contributed by atoms with Gasteiger partial charge in [-0.25, -0.2) is 9.97 Å². The van der Waals surface area contributed by atoms with Crippen molar-refractivity contribution in [1.82, 2.24) is 9.97 Å². The van der Waals surface area contributed by atoms with E-state index in [1.165, 1.54) is 0 Å². The van der Waals surface area contributed by atoms with Gasteiger partial charge in [-0.05, 0) is 38.0 Å². The molecule has 4 nitrogen and oxygen atoms in total. The highest BCUT2D eigenvalue weighted by Gasteiger charge is 2.27. The van der Waals surface area contributed by atoms with Crippen molar-refractivity contribution in [3.63, 3.8) is 0 Å². The molecule has 1 aliphatic rings. The standard InChI is InChI=1S/C15H13Cl2N3O/c1-8-13(7-18-14(19-8)9-2-3-9)15(21)20-12-5-10(16)4-11(17)6-12/h4-7,9H,2-3H2,1H3,(H,20,21). The minimum Gasteiger partial charge on any atom is -0.322 e. The van der Waals surface area contributed by atoms with Crippen LogP contribution in [0.5, 0.6) is 0 Å². The summed E-state index contributed by atoms with van der Waals surface area (Å²) in [7, 11) is 0. The number of amides is 1. The molecule has 1 amide bonds. The molecule has 1 aliphatic carbocycles. The number of aromatic nitrogens is 2. The number of halogens is 2. The summed E-state index contributed by atoms with van der Waals surface area (Å²) in [6.07, 6.45) is 3.84. The number of nitrogens with zero attached hydrogens (tertiary/aromatic N) is 2. The van der Waals surface area contributed by atoms with Gasteiger partial charge in [-0.1, -0.05) is 23.2 Å². The third-order valence-corrected chi connectivity index (χ3v) is 3.74. The molecule has 0 radical (unpaired) electrons. The van der Waals surface area contributed by atoms with E-state index in [-0.39, 0.29) is 5.91 Å². The van der Waals surface area contributed by atoms with Crippen LogP contribution in [-0.4, -0.2) is 15.9 Å². The molecule has 1 aromatic heterocycles. The van der Waals surface area contributed by atoms with Gasteiger partial charge in [0.2, 0.25) is 0 Å². The summed E-state index contributed by atoms with van der Waals surface area (Å²) >= 11 is 11.8. The average molecular weight is 322 g/mol. The van der Waals surface area contributed by atoms with Crippen molar-refractivity contribution in [3.05, 3.63) is 51.5 Å². The Labute approximate surface area is 132 Å². The van der Waals surface area contributed by atoms with E-state index >= 15 is 0 Å². The summed E-state index contributed by atoms with van der Waals surface area (Å²) in [5.41, 5.74) is 1.68. The third-order valence-electron chi connectivity index (χ3n) is 3.31. The zero-order chi connectivity index (χ0) is 15.0. The zero-order valence-corrected chi connectivity index (χ0v) is 12.9. The predicted octanol–water partition coefficient (Wildman–Crippen LogP) is 4.22. The number of benzene rings is 1. The molecule has 0 aliphatic heterocycles. The minimum atomic E-state index is -0.270. The quantitative estimate of drug-likeness (QED) is 0.920. The van der Waals surface area contributed by atoms with E-state index in [0.29, 0.717) is 32.9 Å². The fourth-order valence-electron chi connectivity index (χ4n) is 2.07. The maximum absolute atomic E-state index is 12.3. The number of nitrogens with one attached hydrogen (secondary N) is 1. The van der Waals surface area contributed by atoms with Crippen LogP contribution < -0.4 is 5.32 Å². The second-order valence-electron chi connectivity index (χ2n) is 5.11. The van der Waals surface area contributed by atoms with E-state index in [1.54, 1.807) is 24.4 Å². The van der Waals surface area contributed by atoms with Crippen molar-refractivity contribution in [2.45, 2.75) is 25.7 Å². The molecular formula is C15H13Cl2N3O. The number of hydrogen-bond acceptors (Lipinski definition) is 3. The Hall–Kier alpha value is -1.65. The van der Waals surface area contributed by atoms with Crippen LogP contribution in [0.25, 0.3) is 0 Å². The molecule has 0 unspecified atom stereocenters. The maximum atomic E-state index is 12.3. The van der Waals surface area contributed by atoms with Gasteiger partial charge < -0.3 is 5.32 Å². The van der Waals surface area contributed by atoms with Crippen LogP contribution in [0.4, 0.5) is 5.69 Å². The SMILES string of the molecule is Cc1nc(C2CC2)ncc1C(=O)Nc1cc(Cl)cc(Cl)c1. The van der Waals surface area contributed by atoms with Crippen LogP contribution in [0.15, 0.2) is 24.4 Å². The number of anilines is 1. The number of hydrogen-bond donors (Lipinski definition) is 1. The van der Waals surface area contributed by atoms with Gasteiger partial charge in [-0.2, -0.15) is 0 Å². The maximum Gasteiger partial charge on any atom is 0.259 e. The Morgan fingerprint density at radius 3 is 2.48 bits per heavy atom. The van der Waals surface area contributed by atoms with Crippen molar-refractivity contribution < 1.29 is 4.79 Å². The fraction of sp³-hybridized carbons (Fsp3) is 0.267. The monoisotopic (exact) mass is 321 g/mol. The van der Waals surface area contributed by atoms with Gasteiger partial charge in [-0.3, -0.25) is 4.79 Å². The van der Waals surface area contributed by atoms with Crippen molar-refractivity contribution in [1.29, 1.82) is 0 Å². The van der Waals surface area contributed by atoms with E-state index in [0.717, 1.165) is 18.7 Å². The van der Waals surface area contributed by atoms with E-state index in [2.05, 4.69) is 15.3 Å². The predicted molar refractivity (Wildman–Crippen MR) is 83.2 cm³/mol. The summed E-state index contributed by atoms with van der Waals surface area (Å²) in [4.78, 5) is 21.0. The largest absolute Gasteiger partial charge is 0.322 e. The van der Waals surface area contributed by atoms with Crippen molar-refractivity contribution in [3.8, 4) is 0 Å². The Bertz CT molecular complexity index is 694. The van der Waals surface area contributed by atoms with Gasteiger partial charge in [0.25, 0.3) is 5.91 Å². The molecule has 108 valence electrons. The van der Waals surface area contributed by atoms with Crippen molar-refractivity contribution in [2.75, 3.05) is 5.32 Å². The molecule has 3 rings (SSSR count). The lowest BCUT2D eigenvalue weighted by Crippen LogP contribution is -2.15. The summed E-state index contributed by atoms with van der Waals surface area (Å²) in [5.74, 6) is 1.02. The van der Waals surface area contributed by atoms with Crippen molar-refractivity contribution >= 4 is 34.8 Å². The topological polar surface area (TPSA) is 54.9 Å². The number of carbonyl (C=O) groups excluding carboxylic acids is 1. The summed E-state index contributed by atoms with van der Waals surface area (Å²) < 4.78 is 0. The van der Waals surface area contributed by atoms with Crippen LogP contribution in [0.3, 0.4) is 0 Å². The molecule has 0 saturated heterocycles. The molecule has 0 spiro atoms. The van der Waals surface area contributed by atoms with Crippen LogP contribution >= 0.6 is 23.2 Å². The zero-order valence-electron chi connectivity index (χ0n) is 11.4. The first kappa shape index (κ1) is 14.3. The molecule has 21 heavy (non-hydrogen) atoms. The van der Waals surface area contributed by atoms with Crippen LogP contribution in [0.1, 0.15) is 40.6 Å². The average Bonchev–Trinajstić information content (AvgIpc) is 3.21. The number of carbonyl (C=O) groups is 1. The first-order valence-electron chi connectivity index (χ1n) is 6.64. The molecule has 1 fully saturated rings. The van der Waals surface area contributed by atoms with E-state index in [4.69, 9.17) is 23.2 Å². The van der Waals surface area contributed by atoms with Gasteiger partial charge >= 0.3 is 0 Å². The molecule has 6 heteroatoms. The van der Waals surface area contributed by atoms with E-state index in [1.807, 2.05) is 6.92 Å². The highest BCUT2D eigenvalue weighted by atomic mass is 35.5. The molecule has 1 heterocycles. The normalized spacial score (nSPS) is 14.0. The Morgan fingerprint density at radius 1 is 1.24 bits per heavy atom.